The van der Waals surface area contributed by atoms with E-state index < -0.39 is 0 Å². The number of carbonyl (C=O) groups is 3. The quantitative estimate of drug-likeness (QED) is 0.545. The molecule has 0 spiro atoms. The zero-order chi connectivity index (χ0) is 21.8. The Bertz CT molecular complexity index is 1100. The molecule has 2 bridgehead atoms. The smallest absolute Gasteiger partial charge is 0.242 e. The third kappa shape index (κ3) is 3.06. The maximum atomic E-state index is 12.9. The van der Waals surface area contributed by atoms with Gasteiger partial charge in [0.15, 0.2) is 0 Å². The number of likely N-dealkylation sites (tertiary alicyclic amines) is 1. The van der Waals surface area contributed by atoms with Crippen molar-refractivity contribution < 1.29 is 14.4 Å². The monoisotopic (exact) mass is 430 g/mol. The number of hydrogen-bond donors (Lipinski definition) is 0. The molecule has 2 saturated heterocycles. The Morgan fingerprint density at radius 2 is 1.62 bits per heavy atom. The molecule has 1 saturated carbocycles. The molecule has 1 aromatic carbocycles. The molecule has 7 nitrogen and oxygen atoms in total. The van der Waals surface area contributed by atoms with E-state index in [0.29, 0.717) is 13.1 Å². The van der Waals surface area contributed by atoms with Gasteiger partial charge < -0.3 is 4.90 Å². The molecule has 7 heteroatoms. The predicted molar refractivity (Wildman–Crippen MR) is 118 cm³/mol. The molecule has 164 valence electrons. The van der Waals surface area contributed by atoms with Crippen LogP contribution in [0.3, 0.4) is 0 Å². The number of piperazine rings is 1. The molecule has 3 amide bonds. The van der Waals surface area contributed by atoms with Crippen LogP contribution in [0.15, 0.2) is 48.7 Å². The van der Waals surface area contributed by atoms with Crippen molar-refractivity contribution in [1.82, 2.24) is 19.7 Å². The second kappa shape index (κ2) is 7.52. The van der Waals surface area contributed by atoms with Gasteiger partial charge >= 0.3 is 0 Å². The Balaban J connectivity index is 1.07. The van der Waals surface area contributed by atoms with Gasteiger partial charge in [0.25, 0.3) is 0 Å². The number of carbonyl (C=O) groups excluding carboxylic acids is 3. The van der Waals surface area contributed by atoms with Crippen LogP contribution in [0.4, 0.5) is 0 Å². The Morgan fingerprint density at radius 3 is 2.34 bits per heavy atom. The highest BCUT2D eigenvalue weighted by Crippen LogP contribution is 2.52. The Labute approximate surface area is 186 Å². The molecule has 0 N–H and O–H groups in total. The lowest BCUT2D eigenvalue weighted by Gasteiger charge is -2.35. The maximum Gasteiger partial charge on any atom is 0.242 e. The fraction of sp³-hybridized carbons (Fsp3) is 0.440. The van der Waals surface area contributed by atoms with Crippen LogP contribution in [0.5, 0.6) is 0 Å². The summed E-state index contributed by atoms with van der Waals surface area (Å²) in [6.45, 7) is 3.40. The topological polar surface area (TPSA) is 73.8 Å². The van der Waals surface area contributed by atoms with Crippen LogP contribution < -0.4 is 0 Å². The summed E-state index contributed by atoms with van der Waals surface area (Å²) in [5, 5.41) is 1.13. The number of aromatic nitrogens is 1. The molecule has 6 rings (SSSR count). The SMILES string of the molecule is O=C(CN1C(=O)C2C3C=CC(C3)C2C1=O)N1CCN(Cc2cccc3cccnc23)CC1. The van der Waals surface area contributed by atoms with Gasteiger partial charge in [0.05, 0.1) is 17.4 Å². The van der Waals surface area contributed by atoms with Crippen molar-refractivity contribution in [3.63, 3.8) is 0 Å². The van der Waals surface area contributed by atoms with Crippen molar-refractivity contribution in [2.24, 2.45) is 23.7 Å². The second-order valence-corrected chi connectivity index (χ2v) is 9.41. The van der Waals surface area contributed by atoms with Crippen LogP contribution in [0.25, 0.3) is 10.9 Å². The van der Waals surface area contributed by atoms with Gasteiger partial charge in [-0.05, 0) is 29.9 Å². The number of rotatable bonds is 4. The molecular formula is C25H26N4O3. The summed E-state index contributed by atoms with van der Waals surface area (Å²) >= 11 is 0. The van der Waals surface area contributed by atoms with Crippen molar-refractivity contribution in [1.29, 1.82) is 0 Å². The standard InChI is InChI=1S/C25H26N4O3/c30-20(15-29-24(31)21-17-6-7-18(13-17)22(21)25(29)32)28-11-9-27(10-12-28)14-19-4-1-3-16-5-2-8-26-23(16)19/h1-8,17-18,21-22H,9-15H2. The van der Waals surface area contributed by atoms with Gasteiger partial charge in [0.1, 0.15) is 6.54 Å². The van der Waals surface area contributed by atoms with Crippen molar-refractivity contribution in [3.8, 4) is 0 Å². The molecule has 3 heterocycles. The highest BCUT2D eigenvalue weighted by Gasteiger charge is 2.59. The molecule has 4 unspecified atom stereocenters. The minimum atomic E-state index is -0.239. The summed E-state index contributed by atoms with van der Waals surface area (Å²) in [4.78, 5) is 48.5. The normalized spacial score (nSPS) is 29.4. The molecule has 2 aliphatic heterocycles. The van der Waals surface area contributed by atoms with Gasteiger partial charge in [-0.2, -0.15) is 0 Å². The second-order valence-electron chi connectivity index (χ2n) is 9.41. The Morgan fingerprint density at radius 1 is 0.938 bits per heavy atom. The average Bonchev–Trinajstić information content (AvgIpc) is 3.50. The summed E-state index contributed by atoms with van der Waals surface area (Å²) in [6, 6.07) is 10.2. The molecule has 32 heavy (non-hydrogen) atoms. The summed E-state index contributed by atoms with van der Waals surface area (Å²) in [5.41, 5.74) is 2.21. The van der Waals surface area contributed by atoms with E-state index in [0.717, 1.165) is 37.0 Å². The number of pyridine rings is 1. The number of amides is 3. The molecule has 0 radical (unpaired) electrons. The molecule has 4 atom stereocenters. The van der Waals surface area contributed by atoms with Gasteiger partial charge in [-0.25, -0.2) is 0 Å². The number of para-hydroxylation sites is 1. The van der Waals surface area contributed by atoms with Crippen LogP contribution in [-0.2, 0) is 20.9 Å². The van der Waals surface area contributed by atoms with Gasteiger partial charge in [-0.15, -0.1) is 0 Å². The van der Waals surface area contributed by atoms with E-state index in [2.05, 4.69) is 46.3 Å². The maximum absolute atomic E-state index is 12.9. The third-order valence-corrected chi connectivity index (χ3v) is 7.69. The minimum Gasteiger partial charge on any atom is -0.339 e. The number of benzene rings is 1. The van der Waals surface area contributed by atoms with Crippen LogP contribution in [-0.4, -0.2) is 70.1 Å². The third-order valence-electron chi connectivity index (χ3n) is 7.69. The van der Waals surface area contributed by atoms with Crippen molar-refractivity contribution in [2.75, 3.05) is 32.7 Å². The Kier molecular flexibility index (Phi) is 4.61. The molecule has 1 aromatic heterocycles. The van der Waals surface area contributed by atoms with E-state index >= 15 is 0 Å². The first-order chi connectivity index (χ1) is 15.6. The first kappa shape index (κ1) is 19.6. The van der Waals surface area contributed by atoms with Crippen molar-refractivity contribution >= 4 is 28.6 Å². The zero-order valence-corrected chi connectivity index (χ0v) is 17.9. The van der Waals surface area contributed by atoms with Crippen LogP contribution in [0, 0.1) is 23.7 Å². The molecule has 4 aliphatic rings. The highest BCUT2D eigenvalue weighted by molar-refractivity contribution is 6.08. The first-order valence-electron chi connectivity index (χ1n) is 11.5. The van der Waals surface area contributed by atoms with Gasteiger partial charge in [-0.3, -0.25) is 29.2 Å². The highest BCUT2D eigenvalue weighted by atomic mass is 16.2. The fourth-order valence-electron chi connectivity index (χ4n) is 6.05. The summed E-state index contributed by atoms with van der Waals surface area (Å²) in [7, 11) is 0. The average molecular weight is 431 g/mol. The number of imide groups is 1. The van der Waals surface area contributed by atoms with E-state index in [1.807, 2.05) is 12.3 Å². The summed E-state index contributed by atoms with van der Waals surface area (Å²) in [5.74, 6) is -0.548. The summed E-state index contributed by atoms with van der Waals surface area (Å²) in [6.07, 6.45) is 6.88. The van der Waals surface area contributed by atoms with Gasteiger partial charge in [0.2, 0.25) is 17.7 Å². The molecule has 3 fully saturated rings. The van der Waals surface area contributed by atoms with E-state index in [1.165, 1.54) is 10.5 Å². The van der Waals surface area contributed by atoms with Crippen LogP contribution in [0.2, 0.25) is 0 Å². The zero-order valence-electron chi connectivity index (χ0n) is 17.9. The van der Waals surface area contributed by atoms with Gasteiger partial charge in [0, 0.05) is 44.3 Å². The van der Waals surface area contributed by atoms with E-state index in [9.17, 15) is 14.4 Å². The largest absolute Gasteiger partial charge is 0.339 e. The number of allylic oxidation sites excluding steroid dienone is 2. The molecule has 2 aromatic rings. The molecular weight excluding hydrogens is 404 g/mol. The minimum absolute atomic E-state index is 0.114. The van der Waals surface area contributed by atoms with Gasteiger partial charge in [-0.1, -0.05) is 36.4 Å². The van der Waals surface area contributed by atoms with Crippen LogP contribution >= 0.6 is 0 Å². The lowest BCUT2D eigenvalue weighted by Crippen LogP contribution is -2.51. The molecule has 2 aliphatic carbocycles. The lowest BCUT2D eigenvalue weighted by atomic mass is 9.85. The van der Waals surface area contributed by atoms with E-state index in [4.69, 9.17) is 0 Å². The number of fused-ring (bicyclic) bond motifs is 6. The van der Waals surface area contributed by atoms with E-state index in [-0.39, 0.29) is 47.9 Å². The number of hydrogen-bond acceptors (Lipinski definition) is 5. The van der Waals surface area contributed by atoms with Crippen molar-refractivity contribution in [2.45, 2.75) is 13.0 Å². The van der Waals surface area contributed by atoms with E-state index in [1.54, 1.807) is 4.90 Å². The lowest BCUT2D eigenvalue weighted by molar-refractivity contribution is -0.147. The number of nitrogens with zero attached hydrogens (tertiary/aromatic N) is 4. The van der Waals surface area contributed by atoms with Crippen molar-refractivity contribution in [3.05, 3.63) is 54.2 Å². The predicted octanol–water partition coefficient (Wildman–Crippen LogP) is 1.69. The van der Waals surface area contributed by atoms with Crippen LogP contribution in [0.1, 0.15) is 12.0 Å². The fourth-order valence-corrected chi connectivity index (χ4v) is 6.05. The summed E-state index contributed by atoms with van der Waals surface area (Å²) < 4.78 is 0. The first-order valence-corrected chi connectivity index (χ1v) is 11.5. The Hall–Kier alpha value is -3.06.